The lowest BCUT2D eigenvalue weighted by Crippen LogP contribution is -2.37. The van der Waals surface area contributed by atoms with Gasteiger partial charge in [-0.2, -0.15) is 0 Å². The van der Waals surface area contributed by atoms with E-state index >= 15 is 0 Å². The standard InChI is InChI=1S/C27H35N3O3/c1-2-26(31)29-22-10-11-25(24(18-22)27(32)28-19-23-9-6-16-33-23)30-14-12-21(13-15-30)17-20-7-4-3-5-8-20/h3-5,7-8,10-11,18,21,23H,2,6,9,12-17,19H2,1H3,(H,28,32)(H,29,31). The van der Waals surface area contributed by atoms with Gasteiger partial charge >= 0.3 is 0 Å². The average Bonchev–Trinajstić information content (AvgIpc) is 3.37. The average molecular weight is 450 g/mol. The Morgan fingerprint density at radius 3 is 2.55 bits per heavy atom. The van der Waals surface area contributed by atoms with Crippen molar-refractivity contribution in [1.29, 1.82) is 0 Å². The molecule has 2 aromatic carbocycles. The predicted octanol–water partition coefficient (Wildman–Crippen LogP) is 4.40. The highest BCUT2D eigenvalue weighted by atomic mass is 16.5. The summed E-state index contributed by atoms with van der Waals surface area (Å²) in [5.74, 6) is 0.484. The second-order valence-electron chi connectivity index (χ2n) is 9.10. The Morgan fingerprint density at radius 2 is 1.85 bits per heavy atom. The minimum atomic E-state index is -0.112. The molecule has 2 aliphatic heterocycles. The molecule has 176 valence electrons. The maximum Gasteiger partial charge on any atom is 0.253 e. The first-order valence-corrected chi connectivity index (χ1v) is 12.2. The van der Waals surface area contributed by atoms with E-state index in [1.807, 2.05) is 25.1 Å². The molecule has 0 bridgehead atoms. The van der Waals surface area contributed by atoms with Crippen molar-refractivity contribution >= 4 is 23.2 Å². The Kier molecular flexibility index (Phi) is 8.00. The van der Waals surface area contributed by atoms with E-state index in [1.165, 1.54) is 5.56 Å². The molecule has 1 unspecified atom stereocenters. The Labute approximate surface area is 196 Å². The van der Waals surface area contributed by atoms with Gasteiger partial charge in [-0.1, -0.05) is 37.3 Å². The smallest absolute Gasteiger partial charge is 0.253 e. The fourth-order valence-electron chi connectivity index (χ4n) is 4.75. The molecule has 2 fully saturated rings. The van der Waals surface area contributed by atoms with Crippen LogP contribution in [-0.4, -0.2) is 44.2 Å². The van der Waals surface area contributed by atoms with Crippen LogP contribution in [0.2, 0.25) is 0 Å². The molecule has 2 heterocycles. The van der Waals surface area contributed by atoms with E-state index in [0.29, 0.717) is 30.1 Å². The Bertz CT molecular complexity index is 933. The molecule has 2 aromatic rings. The number of rotatable bonds is 8. The van der Waals surface area contributed by atoms with Gasteiger partial charge in [0.05, 0.1) is 11.7 Å². The minimum Gasteiger partial charge on any atom is -0.376 e. The molecular weight excluding hydrogens is 414 g/mol. The summed E-state index contributed by atoms with van der Waals surface area (Å²) in [5.41, 5.74) is 3.60. The third-order valence-electron chi connectivity index (χ3n) is 6.68. The molecular formula is C27H35N3O3. The predicted molar refractivity (Wildman–Crippen MR) is 132 cm³/mol. The summed E-state index contributed by atoms with van der Waals surface area (Å²) < 4.78 is 5.66. The molecule has 2 amide bonds. The van der Waals surface area contributed by atoms with E-state index in [4.69, 9.17) is 4.74 Å². The number of carbonyl (C=O) groups excluding carboxylic acids is 2. The quantitative estimate of drug-likeness (QED) is 0.627. The summed E-state index contributed by atoms with van der Waals surface area (Å²) >= 11 is 0. The van der Waals surface area contributed by atoms with Crippen LogP contribution in [0.15, 0.2) is 48.5 Å². The summed E-state index contributed by atoms with van der Waals surface area (Å²) in [4.78, 5) is 27.4. The van der Waals surface area contributed by atoms with Gasteiger partial charge in [-0.25, -0.2) is 0 Å². The molecule has 0 aromatic heterocycles. The molecule has 0 spiro atoms. The van der Waals surface area contributed by atoms with Gasteiger partial charge in [0.2, 0.25) is 5.91 Å². The molecule has 33 heavy (non-hydrogen) atoms. The van der Waals surface area contributed by atoms with Crippen LogP contribution in [0.3, 0.4) is 0 Å². The fourth-order valence-corrected chi connectivity index (χ4v) is 4.75. The Hall–Kier alpha value is -2.86. The number of benzene rings is 2. The van der Waals surface area contributed by atoms with E-state index in [-0.39, 0.29) is 17.9 Å². The number of nitrogens with zero attached hydrogens (tertiary/aromatic N) is 1. The highest BCUT2D eigenvalue weighted by Gasteiger charge is 2.24. The van der Waals surface area contributed by atoms with Crippen molar-refractivity contribution in [2.24, 2.45) is 5.92 Å². The van der Waals surface area contributed by atoms with Gasteiger partial charge in [-0.05, 0) is 61.8 Å². The maximum atomic E-state index is 13.2. The van der Waals surface area contributed by atoms with Crippen LogP contribution in [0.4, 0.5) is 11.4 Å². The van der Waals surface area contributed by atoms with Crippen molar-refractivity contribution in [3.8, 4) is 0 Å². The first-order valence-electron chi connectivity index (χ1n) is 12.2. The lowest BCUT2D eigenvalue weighted by Gasteiger charge is -2.35. The first-order chi connectivity index (χ1) is 16.1. The SMILES string of the molecule is CCC(=O)Nc1ccc(N2CCC(Cc3ccccc3)CC2)c(C(=O)NCC2CCCO2)c1. The first kappa shape index (κ1) is 23.3. The summed E-state index contributed by atoms with van der Waals surface area (Å²) in [5, 5.41) is 5.94. The van der Waals surface area contributed by atoms with Crippen molar-refractivity contribution in [1.82, 2.24) is 5.32 Å². The van der Waals surface area contributed by atoms with E-state index in [2.05, 4.69) is 45.9 Å². The van der Waals surface area contributed by atoms with Crippen LogP contribution in [-0.2, 0) is 16.0 Å². The van der Waals surface area contributed by atoms with Gasteiger partial charge in [0, 0.05) is 44.0 Å². The zero-order valence-electron chi connectivity index (χ0n) is 19.5. The monoisotopic (exact) mass is 449 g/mol. The number of hydrogen-bond donors (Lipinski definition) is 2. The number of hydrogen-bond acceptors (Lipinski definition) is 4. The van der Waals surface area contributed by atoms with Gasteiger partial charge in [0.15, 0.2) is 0 Å². The number of piperidine rings is 1. The van der Waals surface area contributed by atoms with Crippen LogP contribution < -0.4 is 15.5 Å². The van der Waals surface area contributed by atoms with Crippen LogP contribution in [0, 0.1) is 5.92 Å². The number of nitrogens with one attached hydrogen (secondary N) is 2. The minimum absolute atomic E-state index is 0.0600. The van der Waals surface area contributed by atoms with Crippen LogP contribution in [0.1, 0.15) is 54.9 Å². The molecule has 1 atom stereocenters. The van der Waals surface area contributed by atoms with Crippen molar-refractivity contribution in [2.45, 2.75) is 51.6 Å². The van der Waals surface area contributed by atoms with Gasteiger partial charge < -0.3 is 20.3 Å². The third kappa shape index (κ3) is 6.35. The van der Waals surface area contributed by atoms with Gasteiger partial charge in [0.25, 0.3) is 5.91 Å². The third-order valence-corrected chi connectivity index (χ3v) is 6.68. The van der Waals surface area contributed by atoms with Crippen LogP contribution in [0.5, 0.6) is 0 Å². The fraction of sp³-hybridized carbons (Fsp3) is 0.481. The lowest BCUT2D eigenvalue weighted by atomic mass is 9.89. The van der Waals surface area contributed by atoms with Gasteiger partial charge in [-0.15, -0.1) is 0 Å². The molecule has 6 heteroatoms. The maximum absolute atomic E-state index is 13.2. The van der Waals surface area contributed by atoms with E-state index in [0.717, 1.165) is 57.5 Å². The van der Waals surface area contributed by atoms with E-state index < -0.39 is 0 Å². The molecule has 6 nitrogen and oxygen atoms in total. The number of carbonyl (C=O) groups is 2. The summed E-state index contributed by atoms with van der Waals surface area (Å²) in [6, 6.07) is 16.3. The van der Waals surface area contributed by atoms with Crippen molar-refractivity contribution in [2.75, 3.05) is 36.5 Å². The molecule has 4 rings (SSSR count). The molecule has 0 saturated carbocycles. The summed E-state index contributed by atoms with van der Waals surface area (Å²) in [7, 11) is 0. The molecule has 0 aliphatic carbocycles. The molecule has 2 aliphatic rings. The zero-order valence-corrected chi connectivity index (χ0v) is 19.5. The van der Waals surface area contributed by atoms with Gasteiger partial charge in [-0.3, -0.25) is 9.59 Å². The number of amides is 2. The highest BCUT2D eigenvalue weighted by molar-refractivity contribution is 6.02. The topological polar surface area (TPSA) is 70.7 Å². The van der Waals surface area contributed by atoms with Crippen LogP contribution in [0.25, 0.3) is 0 Å². The second-order valence-corrected chi connectivity index (χ2v) is 9.10. The van der Waals surface area contributed by atoms with Crippen LogP contribution >= 0.6 is 0 Å². The summed E-state index contributed by atoms with van der Waals surface area (Å²) in [6.07, 6.45) is 5.81. The largest absolute Gasteiger partial charge is 0.376 e. The molecule has 2 N–H and O–H groups in total. The highest BCUT2D eigenvalue weighted by Crippen LogP contribution is 2.30. The van der Waals surface area contributed by atoms with Gasteiger partial charge in [0.1, 0.15) is 0 Å². The Balaban J connectivity index is 1.45. The van der Waals surface area contributed by atoms with Crippen molar-refractivity contribution < 1.29 is 14.3 Å². The molecule has 2 saturated heterocycles. The van der Waals surface area contributed by atoms with E-state index in [9.17, 15) is 9.59 Å². The number of ether oxygens (including phenoxy) is 1. The molecule has 0 radical (unpaired) electrons. The Morgan fingerprint density at radius 1 is 1.06 bits per heavy atom. The van der Waals surface area contributed by atoms with Crippen molar-refractivity contribution in [3.63, 3.8) is 0 Å². The second kappa shape index (κ2) is 11.3. The zero-order chi connectivity index (χ0) is 23.0. The normalized spacial score (nSPS) is 18.8. The summed E-state index contributed by atoms with van der Waals surface area (Å²) in [6.45, 7) is 4.94. The number of anilines is 2. The van der Waals surface area contributed by atoms with E-state index in [1.54, 1.807) is 0 Å². The lowest BCUT2D eigenvalue weighted by molar-refractivity contribution is -0.115. The van der Waals surface area contributed by atoms with Crippen molar-refractivity contribution in [3.05, 3.63) is 59.7 Å².